The van der Waals surface area contributed by atoms with Crippen molar-refractivity contribution in [1.82, 2.24) is 20.3 Å². The third kappa shape index (κ3) is 3.16. The van der Waals surface area contributed by atoms with Gasteiger partial charge in [0.05, 0.1) is 0 Å². The fraction of sp³-hybridized carbons (Fsp3) is 0.353. The van der Waals surface area contributed by atoms with E-state index in [0.29, 0.717) is 19.5 Å². The molecule has 0 spiro atoms. The van der Waals surface area contributed by atoms with E-state index in [2.05, 4.69) is 20.3 Å². The van der Waals surface area contributed by atoms with Gasteiger partial charge in [-0.25, -0.2) is 9.97 Å². The van der Waals surface area contributed by atoms with Crippen LogP contribution >= 0.6 is 0 Å². The molecule has 6 nitrogen and oxygen atoms in total. The molecule has 0 bridgehead atoms. The number of fused-ring (bicyclic) bond motifs is 3. The Balaban J connectivity index is 1.58. The zero-order valence-electron chi connectivity index (χ0n) is 13.7. The number of carbonyl (C=O) groups excluding carboxylic acids is 1. The van der Waals surface area contributed by atoms with Crippen LogP contribution in [0.5, 0.6) is 0 Å². The average molecular weight is 363 g/mol. The lowest BCUT2D eigenvalue weighted by atomic mass is 10.1. The molecule has 0 aromatic carbocycles. The van der Waals surface area contributed by atoms with Gasteiger partial charge >= 0.3 is 6.18 Å². The number of nitrogens with one attached hydrogen (secondary N) is 2. The molecule has 1 unspecified atom stereocenters. The first-order valence-corrected chi connectivity index (χ1v) is 8.22. The van der Waals surface area contributed by atoms with Crippen LogP contribution < -0.4 is 10.2 Å². The molecule has 1 aliphatic heterocycles. The molecule has 4 rings (SSSR count). The molecule has 0 aliphatic carbocycles. The lowest BCUT2D eigenvalue weighted by Crippen LogP contribution is -2.39. The number of hydrogen-bond donors (Lipinski definition) is 2. The second kappa shape index (κ2) is 6.15. The molecule has 9 heteroatoms. The summed E-state index contributed by atoms with van der Waals surface area (Å²) in [4.78, 5) is 25.4. The monoisotopic (exact) mass is 363 g/mol. The quantitative estimate of drug-likeness (QED) is 0.751. The second-order valence-electron chi connectivity index (χ2n) is 6.39. The Morgan fingerprint density at radius 2 is 2.19 bits per heavy atom. The van der Waals surface area contributed by atoms with Gasteiger partial charge < -0.3 is 15.2 Å². The van der Waals surface area contributed by atoms with Gasteiger partial charge in [0.2, 0.25) is 5.91 Å². The predicted octanol–water partition coefficient (Wildman–Crippen LogP) is 2.76. The molecule has 136 valence electrons. The highest BCUT2D eigenvalue weighted by atomic mass is 19.4. The summed E-state index contributed by atoms with van der Waals surface area (Å²) in [6.07, 6.45) is -0.120. The number of aromatic amines is 1. The number of amides is 1. The van der Waals surface area contributed by atoms with Crippen LogP contribution in [0.4, 0.5) is 19.0 Å². The maximum absolute atomic E-state index is 12.3. The Morgan fingerprint density at radius 1 is 1.35 bits per heavy atom. The van der Waals surface area contributed by atoms with Crippen molar-refractivity contribution in [2.75, 3.05) is 18.0 Å². The molecule has 1 fully saturated rings. The molecule has 1 atom stereocenters. The number of hydrogen-bond acceptors (Lipinski definition) is 4. The molecule has 3 aromatic heterocycles. The number of rotatable bonds is 3. The van der Waals surface area contributed by atoms with Crippen molar-refractivity contribution in [3.63, 3.8) is 0 Å². The van der Waals surface area contributed by atoms with E-state index in [0.717, 1.165) is 27.6 Å². The SMILES string of the molecule is O=C(CC(F)(F)F)NC1CCN(c2nccc3cnc4[nH]ccc4c23)C1. The summed E-state index contributed by atoms with van der Waals surface area (Å²) in [5.41, 5.74) is 0.751. The van der Waals surface area contributed by atoms with Crippen LogP contribution in [0, 0.1) is 0 Å². The van der Waals surface area contributed by atoms with E-state index in [1.807, 2.05) is 17.0 Å². The number of pyridine rings is 2. The number of aromatic nitrogens is 3. The lowest BCUT2D eigenvalue weighted by molar-refractivity contribution is -0.154. The summed E-state index contributed by atoms with van der Waals surface area (Å²) in [6.45, 7) is 1.03. The number of carbonyl (C=O) groups is 1. The Bertz CT molecular complexity index is 968. The molecule has 1 amide bonds. The fourth-order valence-corrected chi connectivity index (χ4v) is 3.42. The van der Waals surface area contributed by atoms with Crippen LogP contribution in [-0.4, -0.2) is 46.2 Å². The van der Waals surface area contributed by atoms with Gasteiger partial charge in [0.1, 0.15) is 17.9 Å². The summed E-state index contributed by atoms with van der Waals surface area (Å²) in [7, 11) is 0. The standard InChI is InChI=1S/C17H16F3N5O/c18-17(19,20)7-13(26)24-11-3-6-25(9-11)16-14-10(1-4-22-16)8-23-15-12(14)2-5-21-15/h1-2,4-5,8,11H,3,6-7,9H2,(H,21,23)(H,24,26). The molecule has 0 radical (unpaired) electrons. The lowest BCUT2D eigenvalue weighted by Gasteiger charge is -2.20. The smallest absolute Gasteiger partial charge is 0.354 e. The van der Waals surface area contributed by atoms with Crippen LogP contribution in [0.3, 0.4) is 0 Å². The van der Waals surface area contributed by atoms with Gasteiger partial charge in [-0.3, -0.25) is 4.79 Å². The van der Waals surface area contributed by atoms with E-state index in [1.165, 1.54) is 0 Å². The van der Waals surface area contributed by atoms with Crippen LogP contribution in [-0.2, 0) is 4.79 Å². The van der Waals surface area contributed by atoms with E-state index >= 15 is 0 Å². The first-order chi connectivity index (χ1) is 12.4. The third-order valence-electron chi connectivity index (χ3n) is 4.50. The van der Waals surface area contributed by atoms with E-state index in [-0.39, 0.29) is 6.04 Å². The van der Waals surface area contributed by atoms with Crippen LogP contribution in [0.25, 0.3) is 21.8 Å². The topological polar surface area (TPSA) is 73.9 Å². The summed E-state index contributed by atoms with van der Waals surface area (Å²) < 4.78 is 37.0. The van der Waals surface area contributed by atoms with Gasteiger partial charge in [0, 0.05) is 53.9 Å². The number of nitrogens with zero attached hydrogens (tertiary/aromatic N) is 3. The van der Waals surface area contributed by atoms with Crippen molar-refractivity contribution in [3.8, 4) is 0 Å². The van der Waals surface area contributed by atoms with Crippen LogP contribution in [0.15, 0.2) is 30.7 Å². The largest absolute Gasteiger partial charge is 0.397 e. The first-order valence-electron chi connectivity index (χ1n) is 8.22. The van der Waals surface area contributed by atoms with Gasteiger partial charge in [-0.05, 0) is 18.6 Å². The summed E-state index contributed by atoms with van der Waals surface area (Å²) in [6, 6.07) is 3.47. The van der Waals surface area contributed by atoms with Crippen LogP contribution in [0.1, 0.15) is 12.8 Å². The Morgan fingerprint density at radius 3 is 3.00 bits per heavy atom. The van der Waals surface area contributed by atoms with E-state index in [4.69, 9.17) is 0 Å². The number of anilines is 1. The summed E-state index contributed by atoms with van der Waals surface area (Å²) in [5.74, 6) is -0.241. The average Bonchev–Trinajstić information content (AvgIpc) is 3.21. The van der Waals surface area contributed by atoms with E-state index in [1.54, 1.807) is 18.6 Å². The van der Waals surface area contributed by atoms with E-state index in [9.17, 15) is 18.0 Å². The minimum absolute atomic E-state index is 0.328. The van der Waals surface area contributed by atoms with E-state index < -0.39 is 18.5 Å². The predicted molar refractivity (Wildman–Crippen MR) is 90.8 cm³/mol. The van der Waals surface area contributed by atoms with Crippen molar-refractivity contribution in [3.05, 3.63) is 30.7 Å². The van der Waals surface area contributed by atoms with Crippen molar-refractivity contribution >= 4 is 33.5 Å². The van der Waals surface area contributed by atoms with Gasteiger partial charge in [-0.2, -0.15) is 13.2 Å². The van der Waals surface area contributed by atoms with Crippen molar-refractivity contribution in [2.24, 2.45) is 0 Å². The molecule has 2 N–H and O–H groups in total. The Kier molecular flexibility index (Phi) is 3.93. The highest BCUT2D eigenvalue weighted by molar-refractivity contribution is 6.10. The van der Waals surface area contributed by atoms with Crippen molar-refractivity contribution < 1.29 is 18.0 Å². The Hall–Kier alpha value is -2.84. The number of halogens is 3. The molecule has 4 heterocycles. The summed E-state index contributed by atoms with van der Waals surface area (Å²) >= 11 is 0. The molecular formula is C17H16F3N5O. The van der Waals surface area contributed by atoms with Crippen LogP contribution in [0.2, 0.25) is 0 Å². The number of H-pyrrole nitrogens is 1. The molecule has 1 saturated heterocycles. The maximum Gasteiger partial charge on any atom is 0.397 e. The molecule has 3 aromatic rings. The van der Waals surface area contributed by atoms with Crippen molar-refractivity contribution in [1.29, 1.82) is 0 Å². The fourth-order valence-electron chi connectivity index (χ4n) is 3.42. The molecule has 26 heavy (non-hydrogen) atoms. The third-order valence-corrected chi connectivity index (χ3v) is 4.50. The normalized spacial score (nSPS) is 18.0. The van der Waals surface area contributed by atoms with Gasteiger partial charge in [-0.15, -0.1) is 0 Å². The minimum atomic E-state index is -4.49. The highest BCUT2D eigenvalue weighted by Gasteiger charge is 2.33. The van der Waals surface area contributed by atoms with Gasteiger partial charge in [0.25, 0.3) is 0 Å². The van der Waals surface area contributed by atoms with Gasteiger partial charge in [-0.1, -0.05) is 0 Å². The zero-order valence-corrected chi connectivity index (χ0v) is 13.7. The maximum atomic E-state index is 12.3. The summed E-state index contributed by atoms with van der Waals surface area (Å²) in [5, 5.41) is 5.29. The first kappa shape index (κ1) is 16.6. The molecule has 1 aliphatic rings. The minimum Gasteiger partial charge on any atom is -0.354 e. The van der Waals surface area contributed by atoms with Gasteiger partial charge in [0.15, 0.2) is 0 Å². The highest BCUT2D eigenvalue weighted by Crippen LogP contribution is 2.32. The number of alkyl halides is 3. The molecular weight excluding hydrogens is 347 g/mol. The second-order valence-corrected chi connectivity index (χ2v) is 6.39. The van der Waals surface area contributed by atoms with Crippen molar-refractivity contribution in [2.45, 2.75) is 25.1 Å². The Labute approximate surface area is 146 Å². The zero-order chi connectivity index (χ0) is 18.3. The molecule has 0 saturated carbocycles.